The van der Waals surface area contributed by atoms with E-state index in [9.17, 15) is 18.0 Å². The van der Waals surface area contributed by atoms with Crippen LogP contribution in [-0.2, 0) is 17.4 Å². The van der Waals surface area contributed by atoms with Crippen LogP contribution in [0.5, 0.6) is 0 Å². The summed E-state index contributed by atoms with van der Waals surface area (Å²) in [6.07, 6.45) is -3.59. The van der Waals surface area contributed by atoms with E-state index in [0.29, 0.717) is 17.7 Å². The summed E-state index contributed by atoms with van der Waals surface area (Å²) >= 11 is 0. The molecule has 2 rings (SSSR count). The molecule has 0 aromatic heterocycles. The van der Waals surface area contributed by atoms with E-state index in [1.807, 2.05) is 18.2 Å². The van der Waals surface area contributed by atoms with Gasteiger partial charge in [-0.15, -0.1) is 0 Å². The molecule has 0 bridgehead atoms. The first-order chi connectivity index (χ1) is 11.3. The van der Waals surface area contributed by atoms with E-state index in [0.717, 1.165) is 17.7 Å². The molecule has 1 amide bonds. The van der Waals surface area contributed by atoms with Gasteiger partial charge in [0.15, 0.2) is 0 Å². The first-order valence-electron chi connectivity index (χ1n) is 7.57. The van der Waals surface area contributed by atoms with Gasteiger partial charge in [0.25, 0.3) is 0 Å². The van der Waals surface area contributed by atoms with E-state index < -0.39 is 11.7 Å². The molecule has 0 saturated carbocycles. The summed E-state index contributed by atoms with van der Waals surface area (Å²) in [5, 5.41) is 2.78. The van der Waals surface area contributed by atoms with Gasteiger partial charge in [-0.25, -0.2) is 0 Å². The summed E-state index contributed by atoms with van der Waals surface area (Å²) in [6, 6.07) is 11.7. The number of hydrogen-bond donors (Lipinski definition) is 2. The van der Waals surface area contributed by atoms with E-state index in [-0.39, 0.29) is 18.4 Å². The van der Waals surface area contributed by atoms with Gasteiger partial charge in [0, 0.05) is 12.1 Å². The Hall–Kier alpha value is -2.50. The number of alkyl halides is 3. The Bertz CT molecular complexity index is 696. The van der Waals surface area contributed by atoms with Gasteiger partial charge in [0.2, 0.25) is 5.91 Å². The second-order valence-corrected chi connectivity index (χ2v) is 5.61. The van der Waals surface area contributed by atoms with Gasteiger partial charge in [0.05, 0.1) is 11.6 Å². The van der Waals surface area contributed by atoms with Gasteiger partial charge in [-0.3, -0.25) is 4.79 Å². The number of aryl methyl sites for hydroxylation is 1. The highest BCUT2D eigenvalue weighted by Crippen LogP contribution is 2.29. The first-order valence-corrected chi connectivity index (χ1v) is 7.57. The van der Waals surface area contributed by atoms with Crippen LogP contribution in [0, 0.1) is 0 Å². The molecule has 0 radical (unpaired) electrons. The standard InChI is InChI=1S/C18H19F3N2O/c1-12(13-6-9-15(10-7-13)18(19,20)21)23-17(24)11-8-14-4-2-3-5-16(14)22/h2-7,9-10,12H,8,11,22H2,1H3,(H,23,24). The number of halogens is 3. The highest BCUT2D eigenvalue weighted by Gasteiger charge is 2.30. The fraction of sp³-hybridized carbons (Fsp3) is 0.278. The fourth-order valence-electron chi connectivity index (χ4n) is 2.37. The zero-order valence-electron chi connectivity index (χ0n) is 13.2. The molecule has 3 nitrogen and oxygen atoms in total. The summed E-state index contributed by atoms with van der Waals surface area (Å²) in [5.74, 6) is -0.175. The van der Waals surface area contributed by atoms with Crippen LogP contribution in [-0.4, -0.2) is 5.91 Å². The second-order valence-electron chi connectivity index (χ2n) is 5.61. The van der Waals surface area contributed by atoms with Crippen molar-refractivity contribution >= 4 is 11.6 Å². The lowest BCUT2D eigenvalue weighted by Crippen LogP contribution is -2.27. The van der Waals surface area contributed by atoms with Crippen LogP contribution < -0.4 is 11.1 Å². The summed E-state index contributed by atoms with van der Waals surface area (Å²) in [4.78, 5) is 12.0. The maximum atomic E-state index is 12.5. The maximum Gasteiger partial charge on any atom is 0.416 e. The average Bonchev–Trinajstić information content (AvgIpc) is 2.53. The molecule has 0 spiro atoms. The van der Waals surface area contributed by atoms with Crippen molar-refractivity contribution in [1.29, 1.82) is 0 Å². The van der Waals surface area contributed by atoms with Crippen molar-refractivity contribution in [3.8, 4) is 0 Å². The van der Waals surface area contributed by atoms with Gasteiger partial charge in [0.1, 0.15) is 0 Å². The van der Waals surface area contributed by atoms with Crippen LogP contribution in [0.15, 0.2) is 48.5 Å². The fourth-order valence-corrected chi connectivity index (χ4v) is 2.37. The summed E-state index contributed by atoms with van der Waals surface area (Å²) in [6.45, 7) is 1.73. The number of carbonyl (C=O) groups excluding carboxylic acids is 1. The van der Waals surface area contributed by atoms with Gasteiger partial charge in [-0.2, -0.15) is 13.2 Å². The van der Waals surface area contributed by atoms with Crippen molar-refractivity contribution in [2.75, 3.05) is 5.73 Å². The van der Waals surface area contributed by atoms with Gasteiger partial charge < -0.3 is 11.1 Å². The Morgan fingerprint density at radius 3 is 2.33 bits per heavy atom. The van der Waals surface area contributed by atoms with Gasteiger partial charge >= 0.3 is 6.18 Å². The van der Waals surface area contributed by atoms with Crippen molar-refractivity contribution in [1.82, 2.24) is 5.32 Å². The minimum atomic E-state index is -4.36. The SMILES string of the molecule is CC(NC(=O)CCc1ccccc1N)c1ccc(C(F)(F)F)cc1. The molecule has 0 fully saturated rings. The normalized spacial score (nSPS) is 12.7. The highest BCUT2D eigenvalue weighted by molar-refractivity contribution is 5.77. The third kappa shape index (κ3) is 4.75. The predicted octanol–water partition coefficient (Wildman–Crippen LogP) is 4.10. The number of amides is 1. The molecule has 2 aromatic rings. The third-order valence-electron chi connectivity index (χ3n) is 3.79. The Morgan fingerprint density at radius 2 is 1.75 bits per heavy atom. The van der Waals surface area contributed by atoms with E-state index >= 15 is 0 Å². The highest BCUT2D eigenvalue weighted by atomic mass is 19.4. The number of nitrogens with one attached hydrogen (secondary N) is 1. The van der Waals surface area contributed by atoms with E-state index in [4.69, 9.17) is 5.73 Å². The van der Waals surface area contributed by atoms with Gasteiger partial charge in [-0.05, 0) is 42.7 Å². The topological polar surface area (TPSA) is 55.1 Å². The minimum absolute atomic E-state index is 0.175. The molecular formula is C18H19F3N2O. The average molecular weight is 336 g/mol. The molecule has 6 heteroatoms. The van der Waals surface area contributed by atoms with Crippen molar-refractivity contribution in [2.24, 2.45) is 0 Å². The number of rotatable bonds is 5. The molecule has 0 aliphatic heterocycles. The molecule has 0 heterocycles. The zero-order chi connectivity index (χ0) is 17.7. The van der Waals surface area contributed by atoms with E-state index in [1.54, 1.807) is 13.0 Å². The maximum absolute atomic E-state index is 12.5. The molecule has 0 aliphatic carbocycles. The predicted molar refractivity (Wildman–Crippen MR) is 87.2 cm³/mol. The molecule has 1 unspecified atom stereocenters. The molecule has 3 N–H and O–H groups in total. The molecule has 128 valence electrons. The van der Waals surface area contributed by atoms with Crippen LogP contribution in [0.4, 0.5) is 18.9 Å². The number of anilines is 1. The first kappa shape index (κ1) is 17.8. The van der Waals surface area contributed by atoms with Crippen LogP contribution >= 0.6 is 0 Å². The lowest BCUT2D eigenvalue weighted by atomic mass is 10.0. The molecule has 2 aromatic carbocycles. The smallest absolute Gasteiger partial charge is 0.399 e. The number of carbonyl (C=O) groups is 1. The number of hydrogen-bond acceptors (Lipinski definition) is 2. The van der Waals surface area contributed by atoms with Crippen molar-refractivity contribution in [2.45, 2.75) is 32.0 Å². The summed E-state index contributed by atoms with van der Waals surface area (Å²) in [5.41, 5.74) is 7.28. The molecule has 24 heavy (non-hydrogen) atoms. The molecule has 1 atom stereocenters. The zero-order valence-corrected chi connectivity index (χ0v) is 13.2. The number of nitrogen functional groups attached to an aromatic ring is 1. The lowest BCUT2D eigenvalue weighted by molar-refractivity contribution is -0.137. The monoisotopic (exact) mass is 336 g/mol. The molecule has 0 aliphatic rings. The van der Waals surface area contributed by atoms with Crippen LogP contribution in [0.1, 0.15) is 36.1 Å². The number of benzene rings is 2. The largest absolute Gasteiger partial charge is 0.416 e. The Kier molecular flexibility index (Phi) is 5.49. The number of para-hydroxylation sites is 1. The summed E-state index contributed by atoms with van der Waals surface area (Å²) in [7, 11) is 0. The van der Waals surface area contributed by atoms with Gasteiger partial charge in [-0.1, -0.05) is 30.3 Å². The van der Waals surface area contributed by atoms with Crippen molar-refractivity contribution < 1.29 is 18.0 Å². The summed E-state index contributed by atoms with van der Waals surface area (Å²) < 4.78 is 37.6. The lowest BCUT2D eigenvalue weighted by Gasteiger charge is -2.15. The van der Waals surface area contributed by atoms with E-state index in [1.165, 1.54) is 12.1 Å². The Labute approximate surface area is 138 Å². The third-order valence-corrected chi connectivity index (χ3v) is 3.79. The minimum Gasteiger partial charge on any atom is -0.399 e. The molecular weight excluding hydrogens is 317 g/mol. The van der Waals surface area contributed by atoms with E-state index in [2.05, 4.69) is 5.32 Å². The second kappa shape index (κ2) is 7.38. The number of nitrogens with two attached hydrogens (primary N) is 1. The quantitative estimate of drug-likeness (QED) is 0.808. The van der Waals surface area contributed by atoms with Crippen molar-refractivity contribution in [3.63, 3.8) is 0 Å². The van der Waals surface area contributed by atoms with Crippen LogP contribution in [0.3, 0.4) is 0 Å². The Morgan fingerprint density at radius 1 is 1.12 bits per heavy atom. The van der Waals surface area contributed by atoms with Crippen molar-refractivity contribution in [3.05, 3.63) is 65.2 Å². The molecule has 0 saturated heterocycles. The Balaban J connectivity index is 1.90. The van der Waals surface area contributed by atoms with Crippen LogP contribution in [0.2, 0.25) is 0 Å². The van der Waals surface area contributed by atoms with Crippen LogP contribution in [0.25, 0.3) is 0 Å².